The molecule has 0 aliphatic heterocycles. The van der Waals surface area contributed by atoms with Gasteiger partial charge in [0.25, 0.3) is 5.56 Å². The number of aryl methyl sites for hydroxylation is 1. The highest BCUT2D eigenvalue weighted by atomic mass is 16.1. The summed E-state index contributed by atoms with van der Waals surface area (Å²) in [5, 5.41) is 3.44. The molecule has 0 aliphatic carbocycles. The first kappa shape index (κ1) is 16.2. The van der Waals surface area contributed by atoms with Crippen LogP contribution >= 0.6 is 0 Å². The van der Waals surface area contributed by atoms with Gasteiger partial charge in [-0.05, 0) is 39.2 Å². The summed E-state index contributed by atoms with van der Waals surface area (Å²) in [5.41, 5.74) is 0.572. The Morgan fingerprint density at radius 1 is 1.32 bits per heavy atom. The molecule has 1 aromatic carbocycles. The number of fused-ring (bicyclic) bond motifs is 1. The standard InChI is InChI=1S/C16H22N4O2/c1-19(2)10-5-9-17-15(21)8-11-20-12-18-14-7-4-3-6-13(14)16(20)22/h3-4,6-7,12H,5,8-11H2,1-2H3,(H,17,21). The predicted molar refractivity (Wildman–Crippen MR) is 86.8 cm³/mol. The topological polar surface area (TPSA) is 67.2 Å². The predicted octanol–water partition coefficient (Wildman–Crippen LogP) is 0.854. The second-order valence-electron chi connectivity index (χ2n) is 5.52. The number of nitrogens with zero attached hydrogens (tertiary/aromatic N) is 3. The molecular formula is C16H22N4O2. The maximum Gasteiger partial charge on any atom is 0.261 e. The van der Waals surface area contributed by atoms with Crippen molar-refractivity contribution in [2.24, 2.45) is 0 Å². The number of hydrogen-bond acceptors (Lipinski definition) is 4. The largest absolute Gasteiger partial charge is 0.356 e. The molecule has 118 valence electrons. The van der Waals surface area contributed by atoms with Gasteiger partial charge < -0.3 is 10.2 Å². The monoisotopic (exact) mass is 302 g/mol. The summed E-state index contributed by atoms with van der Waals surface area (Å²) in [6, 6.07) is 7.22. The fourth-order valence-corrected chi connectivity index (χ4v) is 2.20. The molecule has 2 rings (SSSR count). The second kappa shape index (κ2) is 7.70. The van der Waals surface area contributed by atoms with Crippen molar-refractivity contribution < 1.29 is 4.79 Å². The van der Waals surface area contributed by atoms with Crippen LogP contribution in [0.4, 0.5) is 0 Å². The third kappa shape index (κ3) is 4.39. The van der Waals surface area contributed by atoms with Crippen molar-refractivity contribution in [3.8, 4) is 0 Å². The summed E-state index contributed by atoms with van der Waals surface area (Å²) in [6.07, 6.45) is 2.70. The normalized spacial score (nSPS) is 11.0. The molecule has 0 fully saturated rings. The second-order valence-corrected chi connectivity index (χ2v) is 5.52. The van der Waals surface area contributed by atoms with E-state index in [1.807, 2.05) is 26.2 Å². The molecule has 6 heteroatoms. The van der Waals surface area contributed by atoms with Crippen molar-refractivity contribution in [2.45, 2.75) is 19.4 Å². The Kier molecular flexibility index (Phi) is 5.66. The zero-order valence-corrected chi connectivity index (χ0v) is 13.1. The van der Waals surface area contributed by atoms with E-state index >= 15 is 0 Å². The summed E-state index contributed by atoms with van der Waals surface area (Å²) >= 11 is 0. The molecule has 1 heterocycles. The zero-order chi connectivity index (χ0) is 15.9. The van der Waals surface area contributed by atoms with E-state index in [0.29, 0.717) is 24.0 Å². The van der Waals surface area contributed by atoms with Crippen LogP contribution in [-0.4, -0.2) is 47.5 Å². The van der Waals surface area contributed by atoms with Gasteiger partial charge in [-0.3, -0.25) is 14.2 Å². The molecule has 0 atom stereocenters. The van der Waals surface area contributed by atoms with Gasteiger partial charge in [0.05, 0.1) is 17.2 Å². The quantitative estimate of drug-likeness (QED) is 0.770. The summed E-state index contributed by atoms with van der Waals surface area (Å²) in [7, 11) is 4.00. The lowest BCUT2D eigenvalue weighted by Crippen LogP contribution is -2.29. The van der Waals surface area contributed by atoms with Gasteiger partial charge in [-0.25, -0.2) is 4.98 Å². The van der Waals surface area contributed by atoms with Gasteiger partial charge >= 0.3 is 0 Å². The molecule has 6 nitrogen and oxygen atoms in total. The minimum absolute atomic E-state index is 0.0428. The van der Waals surface area contributed by atoms with Crippen LogP contribution in [0.25, 0.3) is 10.9 Å². The van der Waals surface area contributed by atoms with Crippen LogP contribution in [0, 0.1) is 0 Å². The highest BCUT2D eigenvalue weighted by Gasteiger charge is 2.06. The van der Waals surface area contributed by atoms with E-state index in [-0.39, 0.29) is 17.9 Å². The van der Waals surface area contributed by atoms with E-state index in [4.69, 9.17) is 0 Å². The van der Waals surface area contributed by atoms with Crippen LogP contribution in [-0.2, 0) is 11.3 Å². The van der Waals surface area contributed by atoms with E-state index in [9.17, 15) is 9.59 Å². The van der Waals surface area contributed by atoms with Gasteiger partial charge in [-0.15, -0.1) is 0 Å². The van der Waals surface area contributed by atoms with E-state index in [0.717, 1.165) is 13.0 Å². The Labute approximate surface area is 129 Å². The van der Waals surface area contributed by atoms with Crippen molar-refractivity contribution >= 4 is 16.8 Å². The maximum atomic E-state index is 12.3. The minimum Gasteiger partial charge on any atom is -0.356 e. The van der Waals surface area contributed by atoms with Crippen LogP contribution in [0.1, 0.15) is 12.8 Å². The van der Waals surface area contributed by atoms with Gasteiger partial charge in [0.2, 0.25) is 5.91 Å². The molecule has 1 amide bonds. The van der Waals surface area contributed by atoms with Gasteiger partial charge in [-0.2, -0.15) is 0 Å². The molecule has 0 saturated heterocycles. The summed E-state index contributed by atoms with van der Waals surface area (Å²) in [6.45, 7) is 1.94. The Hall–Kier alpha value is -2.21. The van der Waals surface area contributed by atoms with Gasteiger partial charge in [0, 0.05) is 19.5 Å². The number of carbonyl (C=O) groups is 1. The van der Waals surface area contributed by atoms with Gasteiger partial charge in [0.1, 0.15) is 0 Å². The summed E-state index contributed by atoms with van der Waals surface area (Å²) in [4.78, 5) is 30.4. The fourth-order valence-electron chi connectivity index (χ4n) is 2.20. The van der Waals surface area contributed by atoms with Gasteiger partial charge in [-0.1, -0.05) is 12.1 Å². The zero-order valence-electron chi connectivity index (χ0n) is 13.1. The minimum atomic E-state index is -0.106. The van der Waals surface area contributed by atoms with Crippen LogP contribution in [0.15, 0.2) is 35.4 Å². The number of amides is 1. The van der Waals surface area contributed by atoms with Crippen molar-refractivity contribution in [1.29, 1.82) is 0 Å². The number of benzene rings is 1. The number of carbonyl (C=O) groups excluding carboxylic acids is 1. The first-order valence-corrected chi connectivity index (χ1v) is 7.43. The van der Waals surface area contributed by atoms with Crippen molar-refractivity contribution in [3.05, 3.63) is 40.9 Å². The Morgan fingerprint density at radius 2 is 2.09 bits per heavy atom. The van der Waals surface area contributed by atoms with Gasteiger partial charge in [0.15, 0.2) is 0 Å². The molecule has 0 aliphatic rings. The lowest BCUT2D eigenvalue weighted by Gasteiger charge is -2.10. The Balaban J connectivity index is 1.88. The SMILES string of the molecule is CN(C)CCCNC(=O)CCn1cnc2ccccc2c1=O. The molecule has 0 radical (unpaired) electrons. The molecule has 0 bridgehead atoms. The van der Waals surface area contributed by atoms with Crippen LogP contribution in [0.3, 0.4) is 0 Å². The third-order valence-electron chi connectivity index (χ3n) is 3.42. The molecule has 0 unspecified atom stereocenters. The van der Waals surface area contributed by atoms with E-state index < -0.39 is 0 Å². The number of para-hydroxylation sites is 1. The van der Waals surface area contributed by atoms with E-state index in [1.165, 1.54) is 10.9 Å². The highest BCUT2D eigenvalue weighted by Crippen LogP contribution is 2.04. The Morgan fingerprint density at radius 3 is 2.86 bits per heavy atom. The van der Waals surface area contributed by atoms with Crippen LogP contribution in [0.2, 0.25) is 0 Å². The summed E-state index contributed by atoms with van der Waals surface area (Å²) in [5.74, 6) is -0.0428. The number of rotatable bonds is 7. The van der Waals surface area contributed by atoms with Crippen molar-refractivity contribution in [3.63, 3.8) is 0 Å². The fraction of sp³-hybridized carbons (Fsp3) is 0.438. The molecule has 2 aromatic rings. The van der Waals surface area contributed by atoms with Crippen LogP contribution < -0.4 is 10.9 Å². The van der Waals surface area contributed by atoms with E-state index in [2.05, 4.69) is 15.2 Å². The maximum absolute atomic E-state index is 12.3. The molecule has 0 saturated carbocycles. The molecule has 0 spiro atoms. The number of aromatic nitrogens is 2. The Bertz CT molecular complexity index is 694. The van der Waals surface area contributed by atoms with E-state index in [1.54, 1.807) is 12.1 Å². The molecule has 22 heavy (non-hydrogen) atoms. The first-order valence-electron chi connectivity index (χ1n) is 7.43. The smallest absolute Gasteiger partial charge is 0.261 e. The average Bonchev–Trinajstić information content (AvgIpc) is 2.51. The number of nitrogens with one attached hydrogen (secondary N) is 1. The third-order valence-corrected chi connectivity index (χ3v) is 3.42. The summed E-state index contributed by atoms with van der Waals surface area (Å²) < 4.78 is 1.49. The lowest BCUT2D eigenvalue weighted by molar-refractivity contribution is -0.121. The highest BCUT2D eigenvalue weighted by molar-refractivity contribution is 5.77. The van der Waals surface area contributed by atoms with Crippen molar-refractivity contribution in [1.82, 2.24) is 19.8 Å². The molecular weight excluding hydrogens is 280 g/mol. The molecule has 1 N–H and O–H groups in total. The first-order chi connectivity index (χ1) is 10.6. The van der Waals surface area contributed by atoms with Crippen molar-refractivity contribution in [2.75, 3.05) is 27.2 Å². The lowest BCUT2D eigenvalue weighted by atomic mass is 10.2. The number of hydrogen-bond donors (Lipinski definition) is 1. The van der Waals surface area contributed by atoms with Crippen LogP contribution in [0.5, 0.6) is 0 Å². The molecule has 1 aromatic heterocycles. The average molecular weight is 302 g/mol.